The molecule has 0 bridgehead atoms. The Bertz CT molecular complexity index is 646. The van der Waals surface area contributed by atoms with Crippen LogP contribution in [0.15, 0.2) is 30.3 Å². The van der Waals surface area contributed by atoms with Gasteiger partial charge in [-0.3, -0.25) is 14.4 Å². The summed E-state index contributed by atoms with van der Waals surface area (Å²) in [6.45, 7) is 0.329. The van der Waals surface area contributed by atoms with Crippen molar-refractivity contribution in [3.63, 3.8) is 0 Å². The van der Waals surface area contributed by atoms with E-state index in [1.807, 2.05) is 30.3 Å². The normalized spacial score (nSPS) is 26.5. The molecule has 2 aliphatic rings. The monoisotopic (exact) mass is 344 g/mol. The van der Waals surface area contributed by atoms with E-state index >= 15 is 0 Å². The Kier molecular flexibility index (Phi) is 5.48. The Hall–Kier alpha value is -2.21. The molecule has 1 heterocycles. The van der Waals surface area contributed by atoms with E-state index in [0.29, 0.717) is 25.8 Å². The van der Waals surface area contributed by atoms with Gasteiger partial charge in [-0.15, -0.1) is 0 Å². The fourth-order valence-corrected chi connectivity index (χ4v) is 3.66. The zero-order chi connectivity index (χ0) is 17.8. The predicted octanol–water partition coefficient (Wildman–Crippen LogP) is 1.17. The van der Waals surface area contributed by atoms with Crippen LogP contribution in [0.2, 0.25) is 0 Å². The average Bonchev–Trinajstić information content (AvgIpc) is 2.98. The van der Waals surface area contributed by atoms with Crippen LogP contribution in [0.1, 0.15) is 44.1 Å². The number of hydrogen-bond acceptors (Lipinski definition) is 4. The van der Waals surface area contributed by atoms with E-state index < -0.39 is 23.8 Å². The third kappa shape index (κ3) is 4.07. The Morgan fingerprint density at radius 1 is 1.12 bits per heavy atom. The lowest BCUT2D eigenvalue weighted by Crippen LogP contribution is -2.51. The van der Waals surface area contributed by atoms with Crippen molar-refractivity contribution in [2.24, 2.45) is 0 Å². The molecule has 2 fully saturated rings. The number of aliphatic hydroxyl groups is 1. The van der Waals surface area contributed by atoms with Gasteiger partial charge in [-0.1, -0.05) is 43.2 Å². The molecular formula is C19H24N2O4. The van der Waals surface area contributed by atoms with Crippen molar-refractivity contribution in [2.75, 3.05) is 0 Å². The van der Waals surface area contributed by atoms with Crippen LogP contribution in [0.5, 0.6) is 0 Å². The van der Waals surface area contributed by atoms with Gasteiger partial charge in [0.2, 0.25) is 11.7 Å². The van der Waals surface area contributed by atoms with Gasteiger partial charge in [0.15, 0.2) is 0 Å². The van der Waals surface area contributed by atoms with Gasteiger partial charge in [-0.25, -0.2) is 0 Å². The number of Topliss-reactive ketones (excluding diaryl/α,β-unsaturated/α-hetero) is 1. The Labute approximate surface area is 147 Å². The number of hydrogen-bond donors (Lipinski definition) is 2. The van der Waals surface area contributed by atoms with Crippen LogP contribution in [-0.4, -0.2) is 45.8 Å². The van der Waals surface area contributed by atoms with Gasteiger partial charge in [0.05, 0.1) is 12.1 Å². The van der Waals surface area contributed by atoms with Crippen molar-refractivity contribution in [1.82, 2.24) is 10.2 Å². The Morgan fingerprint density at radius 2 is 1.84 bits per heavy atom. The molecule has 2 N–H and O–H groups in total. The lowest BCUT2D eigenvalue weighted by molar-refractivity contribution is -0.143. The third-order valence-corrected chi connectivity index (χ3v) is 5.10. The molecule has 1 aromatic carbocycles. The number of rotatable bonds is 5. The molecule has 3 rings (SSSR count). The molecule has 0 unspecified atom stereocenters. The quantitative estimate of drug-likeness (QED) is 0.785. The molecule has 1 aliphatic carbocycles. The standard InChI is InChI=1S/C19H24N2O4/c22-16-9-5-4-8-14(16)20-19(25)18(24)15-10-11-17(23)21(15)12-13-6-2-1-3-7-13/h1-3,6-7,14-16,22H,4-5,8-12H2,(H,20,25)/t14-,15-,16+/m1/s1. The summed E-state index contributed by atoms with van der Waals surface area (Å²) in [5, 5.41) is 12.6. The Balaban J connectivity index is 1.65. The Morgan fingerprint density at radius 3 is 2.56 bits per heavy atom. The first-order chi connectivity index (χ1) is 12.1. The van der Waals surface area contributed by atoms with Gasteiger partial charge in [0, 0.05) is 13.0 Å². The molecule has 1 aliphatic heterocycles. The summed E-state index contributed by atoms with van der Waals surface area (Å²) in [4.78, 5) is 38.6. The van der Waals surface area contributed by atoms with Gasteiger partial charge in [-0.05, 0) is 24.8 Å². The number of aliphatic hydroxyl groups excluding tert-OH is 1. The minimum Gasteiger partial charge on any atom is -0.391 e. The molecule has 0 aromatic heterocycles. The predicted molar refractivity (Wildman–Crippen MR) is 91.4 cm³/mol. The van der Waals surface area contributed by atoms with Gasteiger partial charge in [0.1, 0.15) is 6.04 Å². The summed E-state index contributed by atoms with van der Waals surface area (Å²) in [7, 11) is 0. The second kappa shape index (κ2) is 7.78. The molecule has 1 aromatic rings. The highest BCUT2D eigenvalue weighted by atomic mass is 16.3. The second-order valence-corrected chi connectivity index (χ2v) is 6.86. The summed E-state index contributed by atoms with van der Waals surface area (Å²) in [5.74, 6) is -1.38. The number of carbonyl (C=O) groups is 3. The van der Waals surface area contributed by atoms with Crippen molar-refractivity contribution in [2.45, 2.75) is 63.3 Å². The highest BCUT2D eigenvalue weighted by Crippen LogP contribution is 2.23. The van der Waals surface area contributed by atoms with E-state index in [4.69, 9.17) is 0 Å². The zero-order valence-electron chi connectivity index (χ0n) is 14.2. The van der Waals surface area contributed by atoms with Crippen LogP contribution in [0, 0.1) is 0 Å². The van der Waals surface area contributed by atoms with Crippen LogP contribution >= 0.6 is 0 Å². The van der Waals surface area contributed by atoms with E-state index in [1.54, 1.807) is 0 Å². The minimum atomic E-state index is -0.714. The van der Waals surface area contributed by atoms with Gasteiger partial charge < -0.3 is 15.3 Å². The second-order valence-electron chi connectivity index (χ2n) is 6.86. The molecule has 25 heavy (non-hydrogen) atoms. The molecule has 2 amide bonds. The van der Waals surface area contributed by atoms with Crippen molar-refractivity contribution in [3.05, 3.63) is 35.9 Å². The molecule has 0 radical (unpaired) electrons. The molecule has 6 heteroatoms. The summed E-state index contributed by atoms with van der Waals surface area (Å²) < 4.78 is 0. The van der Waals surface area contributed by atoms with E-state index in [2.05, 4.69) is 5.32 Å². The number of benzene rings is 1. The third-order valence-electron chi connectivity index (χ3n) is 5.10. The molecule has 3 atom stereocenters. The fraction of sp³-hybridized carbons (Fsp3) is 0.526. The highest BCUT2D eigenvalue weighted by Gasteiger charge is 2.39. The summed E-state index contributed by atoms with van der Waals surface area (Å²) >= 11 is 0. The van der Waals surface area contributed by atoms with Crippen LogP contribution in [0.3, 0.4) is 0 Å². The number of nitrogens with one attached hydrogen (secondary N) is 1. The van der Waals surface area contributed by atoms with E-state index in [9.17, 15) is 19.5 Å². The van der Waals surface area contributed by atoms with E-state index in [-0.39, 0.29) is 18.4 Å². The minimum absolute atomic E-state index is 0.104. The zero-order valence-corrected chi connectivity index (χ0v) is 14.2. The number of amides is 2. The number of carbonyl (C=O) groups excluding carboxylic acids is 3. The topological polar surface area (TPSA) is 86.7 Å². The largest absolute Gasteiger partial charge is 0.391 e. The molecule has 134 valence electrons. The first-order valence-corrected chi connectivity index (χ1v) is 8.92. The van der Waals surface area contributed by atoms with Crippen molar-refractivity contribution in [3.8, 4) is 0 Å². The summed E-state index contributed by atoms with van der Waals surface area (Å²) in [6, 6.07) is 8.35. The smallest absolute Gasteiger partial charge is 0.289 e. The van der Waals surface area contributed by atoms with Crippen LogP contribution < -0.4 is 5.32 Å². The van der Waals surface area contributed by atoms with Gasteiger partial charge >= 0.3 is 0 Å². The summed E-state index contributed by atoms with van der Waals surface area (Å²) in [6.07, 6.45) is 3.23. The average molecular weight is 344 g/mol. The van der Waals surface area contributed by atoms with Gasteiger partial charge in [0.25, 0.3) is 5.91 Å². The molecule has 1 saturated carbocycles. The van der Waals surface area contributed by atoms with Crippen LogP contribution in [0.4, 0.5) is 0 Å². The van der Waals surface area contributed by atoms with E-state index in [0.717, 1.165) is 18.4 Å². The molecule has 0 spiro atoms. The van der Waals surface area contributed by atoms with Crippen molar-refractivity contribution >= 4 is 17.6 Å². The first kappa shape index (κ1) is 17.6. The van der Waals surface area contributed by atoms with Crippen molar-refractivity contribution in [1.29, 1.82) is 0 Å². The number of likely N-dealkylation sites (tertiary alicyclic amines) is 1. The lowest BCUT2D eigenvalue weighted by Gasteiger charge is -2.29. The van der Waals surface area contributed by atoms with Crippen molar-refractivity contribution < 1.29 is 19.5 Å². The van der Waals surface area contributed by atoms with E-state index in [1.165, 1.54) is 4.90 Å². The maximum atomic E-state index is 12.6. The molecule has 1 saturated heterocycles. The lowest BCUT2D eigenvalue weighted by atomic mass is 9.92. The number of nitrogens with zero attached hydrogens (tertiary/aromatic N) is 1. The number of ketones is 1. The molecular weight excluding hydrogens is 320 g/mol. The maximum absolute atomic E-state index is 12.6. The molecule has 6 nitrogen and oxygen atoms in total. The SMILES string of the molecule is O=C(N[C@@H]1CCCC[C@@H]1O)C(=O)[C@H]1CCC(=O)N1Cc1ccccc1. The van der Waals surface area contributed by atoms with Crippen LogP contribution in [-0.2, 0) is 20.9 Å². The van der Waals surface area contributed by atoms with Gasteiger partial charge in [-0.2, -0.15) is 0 Å². The fourth-order valence-electron chi connectivity index (χ4n) is 3.66. The highest BCUT2D eigenvalue weighted by molar-refractivity contribution is 6.38. The first-order valence-electron chi connectivity index (χ1n) is 8.92. The summed E-state index contributed by atoms with van der Waals surface area (Å²) in [5.41, 5.74) is 0.929. The maximum Gasteiger partial charge on any atom is 0.289 e. The van der Waals surface area contributed by atoms with Crippen LogP contribution in [0.25, 0.3) is 0 Å².